The maximum absolute atomic E-state index is 5.20. The Morgan fingerprint density at radius 1 is 1.60 bits per heavy atom. The summed E-state index contributed by atoms with van der Waals surface area (Å²) >= 11 is 1.72. The summed E-state index contributed by atoms with van der Waals surface area (Å²) in [7, 11) is -0.137. The zero-order valence-corrected chi connectivity index (χ0v) is 6.78. The maximum atomic E-state index is 5.20. The van der Waals surface area contributed by atoms with Crippen molar-refractivity contribution in [2.45, 2.75) is 4.21 Å². The van der Waals surface area contributed by atoms with E-state index in [4.69, 9.17) is 5.84 Å². The van der Waals surface area contributed by atoms with Gasteiger partial charge in [0.1, 0.15) is 0 Å². The zero-order valence-electron chi connectivity index (χ0n) is 5.15. The third-order valence-corrected chi connectivity index (χ3v) is 4.10. The molecule has 2 heterocycles. The lowest BCUT2D eigenvalue weighted by atomic mass is 10.3. The summed E-state index contributed by atoms with van der Waals surface area (Å²) in [5.41, 5.74) is 1.28. The number of thiophene rings is 1. The monoisotopic (exact) mass is 170 g/mol. The second-order valence-corrected chi connectivity index (χ2v) is 4.58. The number of hydrogen-bond acceptors (Lipinski definition) is 2. The molecule has 0 fully saturated rings. The lowest BCUT2D eigenvalue weighted by Gasteiger charge is -1.89. The minimum atomic E-state index is -0.137. The van der Waals surface area contributed by atoms with Crippen molar-refractivity contribution in [3.63, 3.8) is 0 Å². The molecule has 0 spiro atoms. The van der Waals surface area contributed by atoms with Gasteiger partial charge in [0.15, 0.2) is 0 Å². The van der Waals surface area contributed by atoms with E-state index in [0.717, 1.165) is 0 Å². The van der Waals surface area contributed by atoms with Crippen LogP contribution in [0.25, 0.3) is 6.08 Å². The number of rotatable bonds is 0. The van der Waals surface area contributed by atoms with Crippen LogP contribution in [0.4, 0.5) is 0 Å². The molecule has 0 aromatic carbocycles. The van der Waals surface area contributed by atoms with Gasteiger partial charge in [-0.3, -0.25) is 0 Å². The van der Waals surface area contributed by atoms with E-state index in [2.05, 4.69) is 22.0 Å². The van der Waals surface area contributed by atoms with Gasteiger partial charge in [0, 0.05) is 5.56 Å². The lowest BCUT2D eigenvalue weighted by Crippen LogP contribution is -1.85. The van der Waals surface area contributed by atoms with Gasteiger partial charge >= 0.3 is 0 Å². The largest absolute Gasteiger partial charge is 0.220 e. The van der Waals surface area contributed by atoms with Gasteiger partial charge in [0.05, 0.1) is 4.21 Å². The number of nitrogens with zero attached hydrogens (tertiary/aromatic N) is 1. The molecule has 10 heavy (non-hydrogen) atoms. The Morgan fingerprint density at radius 3 is 3.30 bits per heavy atom. The molecule has 0 saturated heterocycles. The van der Waals surface area contributed by atoms with Crippen LogP contribution in [0.15, 0.2) is 25.5 Å². The molecular weight excluding hydrogens is 164 g/mol. The van der Waals surface area contributed by atoms with Crippen molar-refractivity contribution >= 4 is 28.1 Å². The predicted octanol–water partition coefficient (Wildman–Crippen LogP) is 1.77. The molecule has 1 atom stereocenters. The summed E-state index contributed by atoms with van der Waals surface area (Å²) < 4.78 is 5.05. The van der Waals surface area contributed by atoms with Gasteiger partial charge in [0.25, 0.3) is 0 Å². The first-order valence-electron chi connectivity index (χ1n) is 2.81. The second-order valence-electron chi connectivity index (χ2n) is 1.89. The van der Waals surface area contributed by atoms with Crippen molar-refractivity contribution in [1.82, 2.24) is 0 Å². The molecule has 2 nitrogen and oxygen atoms in total. The fourth-order valence-corrected chi connectivity index (χ4v) is 3.29. The van der Waals surface area contributed by atoms with Crippen LogP contribution in [0.3, 0.4) is 0 Å². The van der Waals surface area contributed by atoms with Gasteiger partial charge in [-0.2, -0.15) is 4.47 Å². The summed E-state index contributed by atoms with van der Waals surface area (Å²) in [4.78, 5) is 0. The Labute approximate surface area is 65.4 Å². The van der Waals surface area contributed by atoms with Gasteiger partial charge in [-0.1, -0.05) is 0 Å². The van der Waals surface area contributed by atoms with Gasteiger partial charge in [-0.05, 0) is 33.6 Å². The van der Waals surface area contributed by atoms with Crippen LogP contribution in [0.2, 0.25) is 0 Å². The molecule has 2 N–H and O–H groups in total. The average molecular weight is 170 g/mol. The highest BCUT2D eigenvalue weighted by Gasteiger charge is 2.10. The molecule has 52 valence electrons. The fraction of sp³-hybridized carbons (Fsp3) is 0. The van der Waals surface area contributed by atoms with Gasteiger partial charge in [-0.25, -0.2) is 5.84 Å². The van der Waals surface area contributed by atoms with E-state index in [0.29, 0.717) is 0 Å². The molecule has 0 amide bonds. The molecule has 0 bridgehead atoms. The smallest absolute Gasteiger partial charge is 0.0837 e. The van der Waals surface area contributed by atoms with Crippen LogP contribution in [-0.4, -0.2) is 0 Å². The summed E-state index contributed by atoms with van der Waals surface area (Å²) in [6, 6.07) is 2.09. The topological polar surface area (TPSA) is 38.4 Å². The van der Waals surface area contributed by atoms with Crippen LogP contribution in [0.1, 0.15) is 5.56 Å². The number of nitrogens with two attached hydrogens (primary N) is 1. The van der Waals surface area contributed by atoms with E-state index in [1.807, 2.05) is 5.41 Å². The fourth-order valence-electron chi connectivity index (χ4n) is 0.881. The Kier molecular flexibility index (Phi) is 1.44. The van der Waals surface area contributed by atoms with Crippen LogP contribution in [-0.2, 0) is 10.7 Å². The molecule has 0 radical (unpaired) electrons. The molecule has 0 aliphatic carbocycles. The first kappa shape index (κ1) is 6.27. The number of hydrogen-bond donors (Lipinski definition) is 1. The van der Waals surface area contributed by atoms with E-state index in [9.17, 15) is 0 Å². The van der Waals surface area contributed by atoms with E-state index in [-0.39, 0.29) is 10.7 Å². The first-order valence-corrected chi connectivity index (χ1v) is 4.94. The lowest BCUT2D eigenvalue weighted by molar-refractivity contribution is 1.29. The molecule has 1 unspecified atom stereocenters. The Bertz CT molecular complexity index is 311. The quantitative estimate of drug-likeness (QED) is 0.467. The first-order chi connectivity index (χ1) is 4.92. The molecule has 0 saturated carbocycles. The molecular formula is C6H6N2S2. The van der Waals surface area contributed by atoms with Crippen molar-refractivity contribution in [1.29, 1.82) is 0 Å². The molecule has 1 aromatic rings. The van der Waals surface area contributed by atoms with Gasteiger partial charge in [0.2, 0.25) is 0 Å². The van der Waals surface area contributed by atoms with Crippen LogP contribution >= 0.6 is 11.3 Å². The van der Waals surface area contributed by atoms with Crippen LogP contribution in [0.5, 0.6) is 0 Å². The molecule has 2 rings (SSSR count). The van der Waals surface area contributed by atoms with Crippen molar-refractivity contribution in [3.05, 3.63) is 22.4 Å². The maximum Gasteiger partial charge on any atom is 0.0837 e. The van der Waals surface area contributed by atoms with Crippen LogP contribution < -0.4 is 5.84 Å². The van der Waals surface area contributed by atoms with E-state index >= 15 is 0 Å². The molecule has 1 aromatic heterocycles. The van der Waals surface area contributed by atoms with Gasteiger partial charge in [-0.15, -0.1) is 11.3 Å². The normalized spacial score (nSPS) is 21.9. The third-order valence-electron chi connectivity index (χ3n) is 1.34. The summed E-state index contributed by atoms with van der Waals surface area (Å²) in [6.07, 6.45) is 2.07. The minimum absolute atomic E-state index is 0.137. The Balaban J connectivity index is 2.63. The van der Waals surface area contributed by atoms with Crippen molar-refractivity contribution in [2.24, 2.45) is 10.3 Å². The third kappa shape index (κ3) is 0.767. The Morgan fingerprint density at radius 2 is 2.50 bits per heavy atom. The van der Waals surface area contributed by atoms with Crippen molar-refractivity contribution < 1.29 is 0 Å². The summed E-state index contributed by atoms with van der Waals surface area (Å²) in [6.45, 7) is 0. The minimum Gasteiger partial charge on any atom is -0.220 e. The zero-order chi connectivity index (χ0) is 6.97. The molecule has 4 heteroatoms. The summed E-state index contributed by atoms with van der Waals surface area (Å²) in [5.74, 6) is 5.20. The average Bonchev–Trinajstić information content (AvgIpc) is 2.44. The SMILES string of the molecule is NN=S1C=Cc2ccsc21. The molecule has 1 aliphatic rings. The summed E-state index contributed by atoms with van der Waals surface area (Å²) in [5, 5.41) is 4.11. The molecule has 1 aliphatic heterocycles. The van der Waals surface area contributed by atoms with E-state index in [1.165, 1.54) is 9.77 Å². The second kappa shape index (κ2) is 2.30. The van der Waals surface area contributed by atoms with E-state index < -0.39 is 0 Å². The highest BCUT2D eigenvalue weighted by atomic mass is 32.2. The highest BCUT2D eigenvalue weighted by molar-refractivity contribution is 7.92. The highest BCUT2D eigenvalue weighted by Crippen LogP contribution is 2.29. The predicted molar refractivity (Wildman–Crippen MR) is 45.6 cm³/mol. The van der Waals surface area contributed by atoms with E-state index in [1.54, 1.807) is 11.3 Å². The Hall–Kier alpha value is -0.450. The number of fused-ring (bicyclic) bond motifs is 1. The van der Waals surface area contributed by atoms with Crippen molar-refractivity contribution in [3.8, 4) is 0 Å². The standard InChI is InChI=1S/C6H6N2S2/c7-8-10-4-2-5-1-3-9-6(5)10/h1-4H,7H2. The van der Waals surface area contributed by atoms with Crippen molar-refractivity contribution in [2.75, 3.05) is 0 Å². The van der Waals surface area contributed by atoms with Gasteiger partial charge < -0.3 is 0 Å². The van der Waals surface area contributed by atoms with Crippen LogP contribution in [0, 0.1) is 0 Å².